The molecule has 0 fully saturated rings. The Kier molecular flexibility index (Phi) is 3.87. The molecule has 0 saturated carbocycles. The lowest BCUT2D eigenvalue weighted by molar-refractivity contribution is 0.344. The number of aromatic nitrogens is 3. The molecule has 1 aromatic heterocycles. The van der Waals surface area contributed by atoms with E-state index in [0.717, 1.165) is 16.7 Å². The summed E-state index contributed by atoms with van der Waals surface area (Å²) in [5.74, 6) is 2.11. The zero-order valence-corrected chi connectivity index (χ0v) is 10.4. The number of thioether (sulfide) groups is 1. The number of hydrogen-bond acceptors (Lipinski definition) is 5. The standard InChI is InChI=1S/C11H14N4OS/c1-15-10(12)13-14-11(15)17-8-7-16-9-5-3-2-4-6-9/h2-6H,7-8H2,1H3,(H2,12,13). The zero-order chi connectivity index (χ0) is 12.1. The fourth-order valence-corrected chi connectivity index (χ4v) is 2.00. The Hall–Kier alpha value is -1.69. The summed E-state index contributed by atoms with van der Waals surface area (Å²) in [6, 6.07) is 9.73. The Labute approximate surface area is 104 Å². The van der Waals surface area contributed by atoms with Gasteiger partial charge in [0.15, 0.2) is 5.16 Å². The maximum absolute atomic E-state index is 5.58. The van der Waals surface area contributed by atoms with E-state index in [-0.39, 0.29) is 0 Å². The second kappa shape index (κ2) is 5.58. The highest BCUT2D eigenvalue weighted by atomic mass is 32.2. The summed E-state index contributed by atoms with van der Waals surface area (Å²) in [4.78, 5) is 0. The van der Waals surface area contributed by atoms with Crippen LogP contribution in [0, 0.1) is 0 Å². The van der Waals surface area contributed by atoms with Crippen molar-refractivity contribution >= 4 is 17.7 Å². The molecule has 0 aliphatic heterocycles. The van der Waals surface area contributed by atoms with Crippen LogP contribution >= 0.6 is 11.8 Å². The Balaban J connectivity index is 1.75. The molecular weight excluding hydrogens is 236 g/mol. The van der Waals surface area contributed by atoms with E-state index in [4.69, 9.17) is 10.5 Å². The molecular formula is C11H14N4OS. The van der Waals surface area contributed by atoms with Gasteiger partial charge in [-0.25, -0.2) is 0 Å². The van der Waals surface area contributed by atoms with Crippen LogP contribution in [0.1, 0.15) is 0 Å². The molecule has 0 spiro atoms. The molecule has 2 N–H and O–H groups in total. The number of benzene rings is 1. The van der Waals surface area contributed by atoms with Crippen LogP contribution in [0.2, 0.25) is 0 Å². The van der Waals surface area contributed by atoms with Crippen LogP contribution in [0.25, 0.3) is 0 Å². The van der Waals surface area contributed by atoms with E-state index in [1.807, 2.05) is 37.4 Å². The lowest BCUT2D eigenvalue weighted by Crippen LogP contribution is -2.02. The van der Waals surface area contributed by atoms with E-state index in [9.17, 15) is 0 Å². The quantitative estimate of drug-likeness (QED) is 0.644. The number of ether oxygens (including phenoxy) is 1. The van der Waals surface area contributed by atoms with E-state index in [1.54, 1.807) is 16.3 Å². The first-order valence-electron chi connectivity index (χ1n) is 5.23. The maximum atomic E-state index is 5.58. The van der Waals surface area contributed by atoms with Crippen LogP contribution in [0.15, 0.2) is 35.5 Å². The fraction of sp³-hybridized carbons (Fsp3) is 0.273. The number of para-hydroxylation sites is 1. The number of anilines is 1. The Morgan fingerprint density at radius 3 is 2.71 bits per heavy atom. The van der Waals surface area contributed by atoms with Crippen molar-refractivity contribution in [2.24, 2.45) is 7.05 Å². The molecule has 17 heavy (non-hydrogen) atoms. The average molecular weight is 250 g/mol. The number of nitrogen functional groups attached to an aromatic ring is 1. The van der Waals surface area contributed by atoms with Crippen molar-refractivity contribution in [3.63, 3.8) is 0 Å². The van der Waals surface area contributed by atoms with E-state index in [2.05, 4.69) is 10.2 Å². The highest BCUT2D eigenvalue weighted by Crippen LogP contribution is 2.16. The van der Waals surface area contributed by atoms with Crippen molar-refractivity contribution in [1.29, 1.82) is 0 Å². The smallest absolute Gasteiger partial charge is 0.222 e. The Morgan fingerprint density at radius 2 is 2.06 bits per heavy atom. The Morgan fingerprint density at radius 1 is 1.29 bits per heavy atom. The first-order valence-corrected chi connectivity index (χ1v) is 6.21. The minimum absolute atomic E-state index is 0.427. The molecule has 0 radical (unpaired) electrons. The highest BCUT2D eigenvalue weighted by Gasteiger charge is 2.05. The molecule has 0 aliphatic carbocycles. The van der Waals surface area contributed by atoms with Crippen molar-refractivity contribution in [2.45, 2.75) is 5.16 Å². The molecule has 0 saturated heterocycles. The SMILES string of the molecule is Cn1c(N)nnc1SCCOc1ccccc1. The first-order chi connectivity index (χ1) is 8.27. The first kappa shape index (κ1) is 11.8. The second-order valence-electron chi connectivity index (χ2n) is 3.41. The molecule has 2 aromatic rings. The lowest BCUT2D eigenvalue weighted by Gasteiger charge is -2.05. The van der Waals surface area contributed by atoms with Crippen LogP contribution in [0.5, 0.6) is 5.75 Å². The molecule has 6 heteroatoms. The van der Waals surface area contributed by atoms with Gasteiger partial charge >= 0.3 is 0 Å². The van der Waals surface area contributed by atoms with Gasteiger partial charge in [0.05, 0.1) is 6.61 Å². The molecule has 1 heterocycles. The van der Waals surface area contributed by atoms with Crippen LogP contribution in [-0.4, -0.2) is 27.1 Å². The maximum Gasteiger partial charge on any atom is 0.222 e. The van der Waals surface area contributed by atoms with Gasteiger partial charge in [0.1, 0.15) is 5.75 Å². The molecule has 90 valence electrons. The molecule has 0 amide bonds. The minimum Gasteiger partial charge on any atom is -0.493 e. The number of nitrogens with two attached hydrogens (primary N) is 1. The number of nitrogens with zero attached hydrogens (tertiary/aromatic N) is 3. The van der Waals surface area contributed by atoms with Crippen molar-refractivity contribution < 1.29 is 4.74 Å². The predicted octanol–water partition coefficient (Wildman–Crippen LogP) is 1.57. The lowest BCUT2D eigenvalue weighted by atomic mass is 10.3. The summed E-state index contributed by atoms with van der Waals surface area (Å²) in [5.41, 5.74) is 5.58. The summed E-state index contributed by atoms with van der Waals surface area (Å²) in [5, 5.41) is 8.54. The normalized spacial score (nSPS) is 10.4. The third-order valence-electron chi connectivity index (χ3n) is 2.20. The number of rotatable bonds is 5. The molecule has 0 bridgehead atoms. The molecule has 2 rings (SSSR count). The predicted molar refractivity (Wildman–Crippen MR) is 68.1 cm³/mol. The Bertz CT molecular complexity index is 472. The van der Waals surface area contributed by atoms with E-state index < -0.39 is 0 Å². The third kappa shape index (κ3) is 3.13. The molecule has 0 unspecified atom stereocenters. The van der Waals surface area contributed by atoms with Crippen molar-refractivity contribution in [1.82, 2.24) is 14.8 Å². The average Bonchev–Trinajstić information content (AvgIpc) is 2.67. The summed E-state index contributed by atoms with van der Waals surface area (Å²) in [6.45, 7) is 0.626. The second-order valence-corrected chi connectivity index (χ2v) is 4.47. The van der Waals surface area contributed by atoms with Gasteiger partial charge in [0.2, 0.25) is 5.95 Å². The topological polar surface area (TPSA) is 66.0 Å². The summed E-state index contributed by atoms with van der Waals surface area (Å²) >= 11 is 1.57. The van der Waals surface area contributed by atoms with Crippen molar-refractivity contribution in [2.75, 3.05) is 18.1 Å². The van der Waals surface area contributed by atoms with Crippen LogP contribution in [0.3, 0.4) is 0 Å². The fourth-order valence-electron chi connectivity index (χ4n) is 1.26. The van der Waals surface area contributed by atoms with E-state index >= 15 is 0 Å². The van der Waals surface area contributed by atoms with Gasteiger partial charge in [0.25, 0.3) is 0 Å². The summed E-state index contributed by atoms with van der Waals surface area (Å²) in [6.07, 6.45) is 0. The highest BCUT2D eigenvalue weighted by molar-refractivity contribution is 7.99. The van der Waals surface area contributed by atoms with Gasteiger partial charge in [-0.1, -0.05) is 30.0 Å². The summed E-state index contributed by atoms with van der Waals surface area (Å²) in [7, 11) is 1.84. The van der Waals surface area contributed by atoms with Gasteiger partial charge in [0, 0.05) is 12.8 Å². The minimum atomic E-state index is 0.427. The van der Waals surface area contributed by atoms with Gasteiger partial charge in [-0.2, -0.15) is 0 Å². The monoisotopic (exact) mass is 250 g/mol. The van der Waals surface area contributed by atoms with Gasteiger partial charge in [-0.15, -0.1) is 10.2 Å². The third-order valence-corrected chi connectivity index (χ3v) is 3.18. The molecule has 5 nitrogen and oxygen atoms in total. The van der Waals surface area contributed by atoms with Crippen molar-refractivity contribution in [3.05, 3.63) is 30.3 Å². The number of hydrogen-bond donors (Lipinski definition) is 1. The van der Waals surface area contributed by atoms with E-state index in [1.165, 1.54) is 0 Å². The molecule has 0 aliphatic rings. The summed E-state index contributed by atoms with van der Waals surface area (Å²) < 4.78 is 7.32. The zero-order valence-electron chi connectivity index (χ0n) is 9.54. The van der Waals surface area contributed by atoms with Crippen LogP contribution in [0.4, 0.5) is 5.95 Å². The van der Waals surface area contributed by atoms with Gasteiger partial charge in [-0.05, 0) is 12.1 Å². The van der Waals surface area contributed by atoms with Crippen molar-refractivity contribution in [3.8, 4) is 5.75 Å². The van der Waals surface area contributed by atoms with Crippen LogP contribution in [-0.2, 0) is 7.05 Å². The van der Waals surface area contributed by atoms with E-state index in [0.29, 0.717) is 12.6 Å². The largest absolute Gasteiger partial charge is 0.493 e. The molecule has 0 atom stereocenters. The van der Waals surface area contributed by atoms with Gasteiger partial charge < -0.3 is 10.5 Å². The molecule has 1 aromatic carbocycles. The van der Waals surface area contributed by atoms with Gasteiger partial charge in [-0.3, -0.25) is 4.57 Å². The van der Waals surface area contributed by atoms with Crippen LogP contribution < -0.4 is 10.5 Å².